The summed E-state index contributed by atoms with van der Waals surface area (Å²) in [4.78, 5) is 52.5. The van der Waals surface area contributed by atoms with Gasteiger partial charge in [0.25, 0.3) is 22.2 Å². The van der Waals surface area contributed by atoms with Crippen LogP contribution in [-0.2, 0) is 44.8 Å². The van der Waals surface area contributed by atoms with Crippen LogP contribution < -0.4 is 27.7 Å². The second-order valence-corrected chi connectivity index (χ2v) is 33.9. The minimum Gasteiger partial charge on any atom is -0.508 e. The van der Waals surface area contributed by atoms with E-state index in [9.17, 15) is 74.0 Å². The minimum absolute atomic E-state index is 0.0187. The van der Waals surface area contributed by atoms with Gasteiger partial charge in [-0.15, -0.1) is 47.3 Å². The maximum Gasteiger partial charge on any atom is 0.488 e. The van der Waals surface area contributed by atoms with Gasteiger partial charge in [0, 0.05) is 87.9 Å². The molecule has 4 heterocycles. The van der Waals surface area contributed by atoms with Crippen molar-refractivity contribution < 1.29 is 70.0 Å². The summed E-state index contributed by atoms with van der Waals surface area (Å²) in [5.41, 5.74) is 5.96. The molecular formula is C85H63B2Br6F9N4O10. The Labute approximate surface area is 706 Å². The van der Waals surface area contributed by atoms with Crippen molar-refractivity contribution in [3.63, 3.8) is 0 Å². The number of fused-ring (bicyclic) bond motifs is 4. The molecule has 0 atom stereocenters. The minimum atomic E-state index is -2.00. The Kier molecular flexibility index (Phi) is 33.4. The number of halogens is 15. The molecule has 594 valence electrons. The number of aliphatic hydroxyl groups excluding tert-OH is 3. The molecule has 0 spiro atoms. The van der Waals surface area contributed by atoms with Gasteiger partial charge in [-0.1, -0.05) is 155 Å². The number of aliphatic hydroxyl groups is 3. The lowest BCUT2D eigenvalue weighted by Gasteiger charge is -2.14. The number of H-pyrrole nitrogens is 1. The monoisotopic (exact) mass is 1970 g/mol. The number of rotatable bonds is 13. The number of phenols is 1. The smallest absolute Gasteiger partial charge is 0.488 e. The number of alkyl halides is 1. The van der Waals surface area contributed by atoms with E-state index in [1.807, 2.05) is 115 Å². The van der Waals surface area contributed by atoms with Gasteiger partial charge >= 0.3 is 10.3 Å². The van der Waals surface area contributed by atoms with Crippen molar-refractivity contribution in [3.05, 3.63) is 397 Å². The first-order valence-corrected chi connectivity index (χ1v) is 39.9. The van der Waals surface area contributed by atoms with Crippen LogP contribution in [-0.4, -0.2) is 59.5 Å². The van der Waals surface area contributed by atoms with Crippen molar-refractivity contribution in [3.8, 4) is 28.0 Å². The molecule has 11 aromatic carbocycles. The van der Waals surface area contributed by atoms with Crippen LogP contribution in [0.25, 0.3) is 65.3 Å². The molecule has 0 aliphatic rings. The van der Waals surface area contributed by atoms with Crippen LogP contribution >= 0.6 is 95.1 Å². The van der Waals surface area contributed by atoms with Gasteiger partial charge in [0.05, 0.1) is 39.5 Å². The number of nitrogens with one attached hydrogen (secondary N) is 1. The molecule has 0 radical (unpaired) electrons. The molecule has 7 N–H and O–H groups in total. The molecule has 0 unspecified atom stereocenters. The Hall–Kier alpha value is -9.76. The normalized spacial score (nSPS) is 10.7. The number of benzene rings is 11. The summed E-state index contributed by atoms with van der Waals surface area (Å²) in [7, 11) is -2.00. The Balaban J connectivity index is 0.000000164. The summed E-state index contributed by atoms with van der Waals surface area (Å²) in [5.74, 6) is -13.0. The van der Waals surface area contributed by atoms with Gasteiger partial charge in [-0.25, -0.2) is 39.5 Å². The molecule has 0 bridgehead atoms. The molecule has 116 heavy (non-hydrogen) atoms. The summed E-state index contributed by atoms with van der Waals surface area (Å²) < 4.78 is 126. The topological polar surface area (TPSA) is 220 Å². The Morgan fingerprint density at radius 2 is 0.664 bits per heavy atom. The highest BCUT2D eigenvalue weighted by atomic mass is 79.9. The van der Waals surface area contributed by atoms with E-state index >= 15 is 0 Å². The third-order valence-electron chi connectivity index (χ3n) is 17.3. The Bertz CT molecular complexity index is 6140. The zero-order valence-corrected chi connectivity index (χ0v) is 69.7. The summed E-state index contributed by atoms with van der Waals surface area (Å²) >= 11 is 19.5. The number of aromatic amines is 1. The predicted octanol–water partition coefficient (Wildman–Crippen LogP) is 19.1. The molecule has 0 saturated heterocycles. The van der Waals surface area contributed by atoms with Crippen LogP contribution in [0.1, 0.15) is 38.9 Å². The highest BCUT2D eigenvalue weighted by Gasteiger charge is 2.21. The zero-order chi connectivity index (χ0) is 84.0. The second kappa shape index (κ2) is 42.9. The van der Waals surface area contributed by atoms with Gasteiger partial charge in [0.2, 0.25) is 0 Å². The first-order chi connectivity index (χ1) is 55.5. The van der Waals surface area contributed by atoms with Crippen molar-refractivity contribution in [1.29, 1.82) is 0 Å². The van der Waals surface area contributed by atoms with Crippen LogP contribution in [0, 0.1) is 52.4 Å². The lowest BCUT2D eigenvalue weighted by Crippen LogP contribution is -2.30. The third-order valence-corrected chi connectivity index (χ3v) is 19.2. The average molecular weight is 1970 g/mol. The van der Waals surface area contributed by atoms with E-state index in [2.05, 4.69) is 112 Å². The number of hydrogen-bond donors (Lipinski definition) is 7. The summed E-state index contributed by atoms with van der Waals surface area (Å²) in [6.45, 7) is 0.738. The number of aromatic hydroxyl groups is 1. The second-order valence-electron chi connectivity index (χ2n) is 25.2. The maximum atomic E-state index is 13.9. The van der Waals surface area contributed by atoms with Gasteiger partial charge in [0.15, 0.2) is 52.4 Å². The SMILES string of the molecule is BrB(Br)Br.BrCc1ccccc1.O=c1[nH]cc(Br)c2cc(CO)ccc12.O=c1c2ccc(CO)cc2c(-c2cc(F)c(F)c(F)c2)cn1Cc1ccccc1.O=c1c2ccc(CO)cc2c(Br)cn1Cc1ccccc1.O=c1c2ccc(O)cc2c(-c2cc(F)c(F)c(F)c2)cn1Cc1ccccc1.OB(O)c1cc(F)c(F)c(F)c1. The molecule has 0 aliphatic carbocycles. The van der Waals surface area contributed by atoms with Crippen molar-refractivity contribution in [2.45, 2.75) is 44.8 Å². The average Bonchev–Trinajstić information content (AvgIpc) is 0.703. The molecule has 14 nitrogen and oxygen atoms in total. The van der Waals surface area contributed by atoms with Crippen LogP contribution in [0.3, 0.4) is 0 Å². The molecule has 0 saturated carbocycles. The number of nitrogens with zero attached hydrogens (tertiary/aromatic N) is 3. The predicted molar refractivity (Wildman–Crippen MR) is 459 cm³/mol. The first kappa shape index (κ1) is 90.2. The quantitative estimate of drug-likeness (QED) is 0.0250. The highest BCUT2D eigenvalue weighted by molar-refractivity contribution is 9.69. The van der Waals surface area contributed by atoms with Crippen molar-refractivity contribution in [2.75, 3.05) is 0 Å². The van der Waals surface area contributed by atoms with E-state index in [1.165, 1.54) is 45.3 Å². The number of hydrogen-bond acceptors (Lipinski definition) is 10. The van der Waals surface area contributed by atoms with Gasteiger partial charge < -0.3 is 49.2 Å². The third kappa shape index (κ3) is 24.0. The molecule has 31 heteroatoms. The zero-order valence-electron chi connectivity index (χ0n) is 60.2. The van der Waals surface area contributed by atoms with Crippen molar-refractivity contribution >= 4 is 154 Å². The standard InChI is InChI=1S/C23H16F3NO2.C22H14F3NO2.C17H14BrNO2.C10H8BrNO2.C7H7Br.C6H4BF3O2.BBr3/c24-20-9-16(10-21(25)22(20)26)19-12-27(11-14-4-2-1-3-5-14)23(29)17-7-6-15(13-28)8-18(17)19;23-19-8-14(9-20(24)21(19)25)18-12-26(11-13-4-2-1-3-5-13)22(28)16-7-6-15(27)10-17(16)18;18-16-10-19(9-12-4-2-1-3-5-12)17(21)14-7-6-13(11-20)8-15(14)16;11-9-4-12-10(14)7-2-1-6(5-13)3-8(7)9;8-6-7-4-2-1-3-5-7;8-4-1-3(7(11)12)2-5(9)6(4)10;2-1(3)4/h1-10,12,28H,11,13H2;1-10,12,27H,11H2;1-8,10,20H,9,11H2;1-4,13H,5H2,(H,12,14);1-5H,6H2;1-2,11-12H;. The summed E-state index contributed by atoms with van der Waals surface area (Å²) in [5, 5.41) is 59.6. The largest absolute Gasteiger partial charge is 0.508 e. The van der Waals surface area contributed by atoms with Crippen LogP contribution in [0.15, 0.2) is 283 Å². The molecule has 15 aromatic rings. The van der Waals surface area contributed by atoms with Crippen LogP contribution in [0.5, 0.6) is 5.75 Å². The highest BCUT2D eigenvalue weighted by Crippen LogP contribution is 2.34. The lowest BCUT2D eigenvalue weighted by atomic mass is 9.80. The Morgan fingerprint density at radius 1 is 0.353 bits per heavy atom. The Morgan fingerprint density at radius 3 is 1.02 bits per heavy atom. The van der Waals surface area contributed by atoms with E-state index in [0.29, 0.717) is 62.3 Å². The van der Waals surface area contributed by atoms with E-state index in [1.54, 1.807) is 65.5 Å². The summed E-state index contributed by atoms with van der Waals surface area (Å²) in [6.07, 6.45) is 6.37. The fourth-order valence-corrected chi connectivity index (χ4v) is 13.0. The number of phenolic OH excluding ortho intramolecular Hbond substituents is 1. The van der Waals surface area contributed by atoms with Crippen molar-refractivity contribution in [1.82, 2.24) is 18.7 Å². The van der Waals surface area contributed by atoms with Crippen LogP contribution in [0.4, 0.5) is 39.5 Å². The van der Waals surface area contributed by atoms with Gasteiger partial charge in [-0.2, -0.15) is 0 Å². The number of aromatic nitrogens is 4. The van der Waals surface area contributed by atoms with E-state index in [-0.39, 0.29) is 80.6 Å². The van der Waals surface area contributed by atoms with Crippen molar-refractivity contribution in [2.24, 2.45) is 0 Å². The lowest BCUT2D eigenvalue weighted by molar-refractivity contribution is 0.282. The number of pyridine rings is 4. The van der Waals surface area contributed by atoms with Gasteiger partial charge in [-0.3, -0.25) is 19.2 Å². The maximum absolute atomic E-state index is 13.9. The molecule has 0 fully saturated rings. The summed E-state index contributed by atoms with van der Waals surface area (Å²) in [6, 6.07) is 62.8. The van der Waals surface area contributed by atoms with Crippen LogP contribution in [0.2, 0.25) is 0 Å². The fraction of sp³-hybridized carbons (Fsp3) is 0.0824. The molecule has 4 aromatic heterocycles. The molecule has 15 rings (SSSR count). The first-order valence-electron chi connectivity index (χ1n) is 34.4. The van der Waals surface area contributed by atoms with Gasteiger partial charge in [0.1, 0.15) is 5.75 Å². The molecule has 0 aliphatic heterocycles. The van der Waals surface area contributed by atoms with Gasteiger partial charge in [-0.05, 0) is 184 Å². The van der Waals surface area contributed by atoms with E-state index < -0.39 is 64.9 Å². The fourth-order valence-electron chi connectivity index (χ4n) is 11.6. The molecular weight excluding hydrogens is 1910 g/mol. The van der Waals surface area contributed by atoms with E-state index in [0.717, 1.165) is 77.1 Å². The van der Waals surface area contributed by atoms with E-state index in [4.69, 9.17) is 15.2 Å². The molecule has 0 amide bonds.